The van der Waals surface area contributed by atoms with Gasteiger partial charge in [0, 0.05) is 18.6 Å². The Morgan fingerprint density at radius 3 is 2.93 bits per heavy atom. The molecule has 1 fully saturated rings. The maximum absolute atomic E-state index is 5.81. The lowest BCUT2D eigenvalue weighted by atomic mass is 10.2. The Bertz CT molecular complexity index is 161. The normalized spacial score (nSPS) is 26.6. The van der Waals surface area contributed by atoms with Crippen LogP contribution < -0.4 is 11.1 Å². The van der Waals surface area contributed by atoms with Crippen LogP contribution in [0.25, 0.3) is 0 Å². The standard InChI is InChI=1S/C11H22N2O/c1-2-3-7-14-8-6-13-11-5-4-10(12)9-11/h2,10-11,13H,1,3-9,12H2. The van der Waals surface area contributed by atoms with Crippen molar-refractivity contribution in [2.24, 2.45) is 5.73 Å². The quantitative estimate of drug-likeness (QED) is 0.475. The summed E-state index contributed by atoms with van der Waals surface area (Å²) < 4.78 is 5.40. The Morgan fingerprint density at radius 1 is 1.43 bits per heavy atom. The molecule has 82 valence electrons. The highest BCUT2D eigenvalue weighted by atomic mass is 16.5. The van der Waals surface area contributed by atoms with Gasteiger partial charge in [0.25, 0.3) is 0 Å². The van der Waals surface area contributed by atoms with Crippen molar-refractivity contribution in [3.8, 4) is 0 Å². The van der Waals surface area contributed by atoms with Gasteiger partial charge in [0.05, 0.1) is 13.2 Å². The lowest BCUT2D eigenvalue weighted by Crippen LogP contribution is -2.31. The van der Waals surface area contributed by atoms with Crippen LogP contribution in [0.3, 0.4) is 0 Å². The largest absolute Gasteiger partial charge is 0.380 e. The second-order valence-corrected chi connectivity index (χ2v) is 3.91. The van der Waals surface area contributed by atoms with E-state index in [0.717, 1.165) is 39.0 Å². The second-order valence-electron chi connectivity index (χ2n) is 3.91. The first-order chi connectivity index (χ1) is 6.83. The first-order valence-corrected chi connectivity index (χ1v) is 5.50. The predicted molar refractivity (Wildman–Crippen MR) is 59.3 cm³/mol. The van der Waals surface area contributed by atoms with Crippen LogP contribution in [-0.4, -0.2) is 31.8 Å². The van der Waals surface area contributed by atoms with Gasteiger partial charge < -0.3 is 15.8 Å². The molecule has 14 heavy (non-hydrogen) atoms. The summed E-state index contributed by atoms with van der Waals surface area (Å²) in [7, 11) is 0. The van der Waals surface area contributed by atoms with Crippen LogP contribution in [0.5, 0.6) is 0 Å². The van der Waals surface area contributed by atoms with E-state index in [0.29, 0.717) is 12.1 Å². The molecule has 0 aromatic rings. The Balaban J connectivity index is 1.86. The zero-order chi connectivity index (χ0) is 10.2. The third-order valence-corrected chi connectivity index (χ3v) is 2.62. The van der Waals surface area contributed by atoms with E-state index in [9.17, 15) is 0 Å². The summed E-state index contributed by atoms with van der Waals surface area (Å²) in [6, 6.07) is 1.03. The molecule has 2 unspecified atom stereocenters. The lowest BCUT2D eigenvalue weighted by Gasteiger charge is -2.11. The summed E-state index contributed by atoms with van der Waals surface area (Å²) in [5.74, 6) is 0. The maximum Gasteiger partial charge on any atom is 0.0591 e. The zero-order valence-corrected chi connectivity index (χ0v) is 8.87. The highest BCUT2D eigenvalue weighted by Crippen LogP contribution is 2.16. The Kier molecular flexibility index (Phi) is 5.83. The first-order valence-electron chi connectivity index (χ1n) is 5.50. The van der Waals surface area contributed by atoms with Crippen LogP contribution in [0.2, 0.25) is 0 Å². The van der Waals surface area contributed by atoms with Gasteiger partial charge in [-0.05, 0) is 25.7 Å². The van der Waals surface area contributed by atoms with E-state index in [2.05, 4.69) is 11.9 Å². The van der Waals surface area contributed by atoms with E-state index in [1.54, 1.807) is 0 Å². The first kappa shape index (κ1) is 11.7. The Labute approximate surface area is 86.7 Å². The average Bonchev–Trinajstić information content (AvgIpc) is 2.58. The zero-order valence-electron chi connectivity index (χ0n) is 8.87. The van der Waals surface area contributed by atoms with Crippen molar-refractivity contribution < 1.29 is 4.74 Å². The van der Waals surface area contributed by atoms with Crippen molar-refractivity contribution in [2.75, 3.05) is 19.8 Å². The number of nitrogens with one attached hydrogen (secondary N) is 1. The molecule has 0 aromatic carbocycles. The minimum absolute atomic E-state index is 0.411. The van der Waals surface area contributed by atoms with E-state index in [-0.39, 0.29) is 0 Å². The van der Waals surface area contributed by atoms with Gasteiger partial charge in [0.1, 0.15) is 0 Å². The number of nitrogens with two attached hydrogens (primary N) is 1. The minimum Gasteiger partial charge on any atom is -0.380 e. The molecule has 2 atom stereocenters. The summed E-state index contributed by atoms with van der Waals surface area (Å²) >= 11 is 0. The van der Waals surface area contributed by atoms with E-state index >= 15 is 0 Å². The van der Waals surface area contributed by atoms with Gasteiger partial charge in [-0.15, -0.1) is 6.58 Å². The Morgan fingerprint density at radius 2 is 2.29 bits per heavy atom. The highest BCUT2D eigenvalue weighted by Gasteiger charge is 2.20. The van der Waals surface area contributed by atoms with E-state index in [1.165, 1.54) is 6.42 Å². The van der Waals surface area contributed by atoms with Gasteiger partial charge in [-0.3, -0.25) is 0 Å². The fraction of sp³-hybridized carbons (Fsp3) is 0.818. The number of rotatable bonds is 7. The van der Waals surface area contributed by atoms with E-state index in [4.69, 9.17) is 10.5 Å². The van der Waals surface area contributed by atoms with Crippen LogP contribution in [0, 0.1) is 0 Å². The monoisotopic (exact) mass is 198 g/mol. The molecule has 0 amide bonds. The summed E-state index contributed by atoms with van der Waals surface area (Å²) in [5.41, 5.74) is 5.81. The number of ether oxygens (including phenoxy) is 1. The molecule has 1 aliphatic rings. The molecule has 1 rings (SSSR count). The number of hydrogen-bond acceptors (Lipinski definition) is 3. The van der Waals surface area contributed by atoms with Gasteiger partial charge in [-0.2, -0.15) is 0 Å². The molecule has 0 bridgehead atoms. The molecule has 0 aromatic heterocycles. The number of hydrogen-bond donors (Lipinski definition) is 2. The average molecular weight is 198 g/mol. The molecular formula is C11H22N2O. The molecule has 3 N–H and O–H groups in total. The molecule has 0 saturated heterocycles. The maximum atomic E-state index is 5.81. The van der Waals surface area contributed by atoms with Gasteiger partial charge in [0.2, 0.25) is 0 Å². The molecule has 1 aliphatic carbocycles. The third-order valence-electron chi connectivity index (χ3n) is 2.62. The molecule has 3 heteroatoms. The smallest absolute Gasteiger partial charge is 0.0591 e. The summed E-state index contributed by atoms with van der Waals surface area (Å²) in [6.45, 7) is 6.16. The summed E-state index contributed by atoms with van der Waals surface area (Å²) in [5, 5.41) is 3.46. The molecule has 0 aliphatic heterocycles. The molecule has 0 heterocycles. The molecule has 0 spiro atoms. The van der Waals surface area contributed by atoms with Gasteiger partial charge in [-0.1, -0.05) is 6.08 Å². The second kappa shape index (κ2) is 6.98. The van der Waals surface area contributed by atoms with Crippen molar-refractivity contribution in [3.63, 3.8) is 0 Å². The van der Waals surface area contributed by atoms with Gasteiger partial charge in [0.15, 0.2) is 0 Å². The fourth-order valence-corrected chi connectivity index (χ4v) is 1.81. The van der Waals surface area contributed by atoms with E-state index < -0.39 is 0 Å². The molecule has 1 saturated carbocycles. The molecular weight excluding hydrogens is 176 g/mol. The molecule has 3 nitrogen and oxygen atoms in total. The van der Waals surface area contributed by atoms with Crippen LogP contribution in [0.1, 0.15) is 25.7 Å². The topological polar surface area (TPSA) is 47.3 Å². The lowest BCUT2D eigenvalue weighted by molar-refractivity contribution is 0.138. The van der Waals surface area contributed by atoms with E-state index in [1.807, 2.05) is 6.08 Å². The minimum atomic E-state index is 0.411. The van der Waals surface area contributed by atoms with Crippen LogP contribution in [-0.2, 0) is 4.74 Å². The van der Waals surface area contributed by atoms with Crippen LogP contribution in [0.15, 0.2) is 12.7 Å². The van der Waals surface area contributed by atoms with Crippen LogP contribution in [0.4, 0.5) is 0 Å². The Hall–Kier alpha value is -0.380. The van der Waals surface area contributed by atoms with Crippen molar-refractivity contribution in [2.45, 2.75) is 37.8 Å². The van der Waals surface area contributed by atoms with Crippen molar-refractivity contribution in [3.05, 3.63) is 12.7 Å². The summed E-state index contributed by atoms with van der Waals surface area (Å²) in [6.07, 6.45) is 6.31. The van der Waals surface area contributed by atoms with Crippen molar-refractivity contribution >= 4 is 0 Å². The predicted octanol–water partition coefficient (Wildman–Crippen LogP) is 1.05. The highest BCUT2D eigenvalue weighted by molar-refractivity contribution is 4.82. The fourth-order valence-electron chi connectivity index (χ4n) is 1.81. The third kappa shape index (κ3) is 4.74. The van der Waals surface area contributed by atoms with Gasteiger partial charge >= 0.3 is 0 Å². The van der Waals surface area contributed by atoms with Crippen LogP contribution >= 0.6 is 0 Å². The SMILES string of the molecule is C=CCCOCCNC1CCC(N)C1. The molecule has 0 radical (unpaired) electrons. The van der Waals surface area contributed by atoms with Crippen molar-refractivity contribution in [1.29, 1.82) is 0 Å². The van der Waals surface area contributed by atoms with Crippen molar-refractivity contribution in [1.82, 2.24) is 5.32 Å². The summed E-state index contributed by atoms with van der Waals surface area (Å²) in [4.78, 5) is 0. The van der Waals surface area contributed by atoms with Gasteiger partial charge in [-0.25, -0.2) is 0 Å².